The van der Waals surface area contributed by atoms with E-state index < -0.39 is 5.60 Å². The number of likely N-dealkylation sites (tertiary alicyclic amines) is 1. The zero-order chi connectivity index (χ0) is 21.6. The largest absolute Gasteiger partial charge is 0.496 e. The molecule has 0 aromatic heterocycles. The molecule has 1 saturated heterocycles. The maximum Gasteiger partial charge on any atom is 0.410 e. The Labute approximate surface area is 172 Å². The molecule has 2 N–H and O–H groups in total. The van der Waals surface area contributed by atoms with Crippen molar-refractivity contribution in [2.75, 3.05) is 41.5 Å². The summed E-state index contributed by atoms with van der Waals surface area (Å²) in [5.74, 6) is 2.59. The smallest absolute Gasteiger partial charge is 0.410 e. The lowest BCUT2D eigenvalue weighted by molar-refractivity contribution is 0.00700. The van der Waals surface area contributed by atoms with Gasteiger partial charge in [-0.1, -0.05) is 0 Å². The first-order chi connectivity index (χ1) is 13.7. The Balaban J connectivity index is 1.92. The number of carbonyl (C=O) groups excluding carboxylic acids is 1. The molecule has 1 fully saturated rings. The van der Waals surface area contributed by atoms with Crippen LogP contribution in [0.5, 0.6) is 17.2 Å². The molecule has 0 radical (unpaired) electrons. The van der Waals surface area contributed by atoms with Gasteiger partial charge in [0.05, 0.1) is 39.5 Å². The molecule has 1 aromatic rings. The summed E-state index contributed by atoms with van der Waals surface area (Å²) in [6.07, 6.45) is -0.300. The summed E-state index contributed by atoms with van der Waals surface area (Å²) in [5.41, 5.74) is 0.353. The third-order valence-electron chi connectivity index (χ3n) is 4.35. The van der Waals surface area contributed by atoms with Crippen LogP contribution in [-0.2, 0) is 11.3 Å². The lowest BCUT2D eigenvalue weighted by Crippen LogP contribution is -2.63. The average Bonchev–Trinajstić information content (AvgIpc) is 2.64. The third kappa shape index (κ3) is 6.07. The van der Waals surface area contributed by atoms with Crippen LogP contribution in [0, 0.1) is 0 Å². The normalized spacial score (nSPS) is 14.7. The molecule has 162 valence electrons. The number of aliphatic imine (C=N–C) groups is 1. The van der Waals surface area contributed by atoms with Crippen LogP contribution in [0.2, 0.25) is 0 Å². The molecule has 29 heavy (non-hydrogen) atoms. The number of guanidine groups is 1. The predicted octanol–water partition coefficient (Wildman–Crippen LogP) is 2.00. The van der Waals surface area contributed by atoms with E-state index in [9.17, 15) is 4.79 Å². The van der Waals surface area contributed by atoms with Gasteiger partial charge in [0.1, 0.15) is 22.8 Å². The number of hydrogen-bond acceptors (Lipinski definition) is 6. The number of nitrogens with zero attached hydrogens (tertiary/aromatic N) is 2. The van der Waals surface area contributed by atoms with Crippen molar-refractivity contribution in [1.29, 1.82) is 0 Å². The molecule has 1 aliphatic rings. The minimum atomic E-state index is -0.496. The van der Waals surface area contributed by atoms with E-state index >= 15 is 0 Å². The van der Waals surface area contributed by atoms with Gasteiger partial charge in [0.15, 0.2) is 5.96 Å². The predicted molar refractivity (Wildman–Crippen MR) is 111 cm³/mol. The van der Waals surface area contributed by atoms with Crippen molar-refractivity contribution in [2.24, 2.45) is 4.99 Å². The van der Waals surface area contributed by atoms with Crippen molar-refractivity contribution in [2.45, 2.75) is 39.0 Å². The number of hydrogen-bond donors (Lipinski definition) is 2. The molecule has 2 rings (SSSR count). The van der Waals surface area contributed by atoms with E-state index in [4.69, 9.17) is 18.9 Å². The van der Waals surface area contributed by atoms with Crippen molar-refractivity contribution in [3.05, 3.63) is 17.7 Å². The van der Waals surface area contributed by atoms with E-state index in [1.165, 1.54) is 0 Å². The molecule has 1 aliphatic heterocycles. The van der Waals surface area contributed by atoms with Crippen molar-refractivity contribution in [3.8, 4) is 17.2 Å². The lowest BCUT2D eigenvalue weighted by atomic mass is 10.1. The van der Waals surface area contributed by atoms with Crippen molar-refractivity contribution in [1.82, 2.24) is 15.5 Å². The first-order valence-electron chi connectivity index (χ1n) is 9.44. The highest BCUT2D eigenvalue weighted by Gasteiger charge is 2.34. The second-order valence-electron chi connectivity index (χ2n) is 7.66. The molecular weight excluding hydrogens is 376 g/mol. The van der Waals surface area contributed by atoms with Crippen LogP contribution in [0.3, 0.4) is 0 Å². The van der Waals surface area contributed by atoms with Crippen LogP contribution in [0.1, 0.15) is 26.3 Å². The summed E-state index contributed by atoms with van der Waals surface area (Å²) in [7, 11) is 6.49. The number of carbonyl (C=O) groups is 1. The first kappa shape index (κ1) is 22.4. The molecule has 0 bridgehead atoms. The van der Waals surface area contributed by atoms with Crippen LogP contribution < -0.4 is 24.8 Å². The molecule has 0 aliphatic carbocycles. The van der Waals surface area contributed by atoms with E-state index in [1.54, 1.807) is 45.4 Å². The highest BCUT2D eigenvalue weighted by Crippen LogP contribution is 2.33. The molecule has 1 amide bonds. The van der Waals surface area contributed by atoms with Crippen LogP contribution in [0.15, 0.2) is 17.1 Å². The SMILES string of the molecule is CN=C(NCc1c(OC)cc(OC)cc1OC)NC1CN(C(=O)OC(C)(C)C)C1. The fourth-order valence-electron chi connectivity index (χ4n) is 2.86. The zero-order valence-electron chi connectivity index (χ0n) is 18.3. The minimum absolute atomic E-state index is 0.105. The average molecular weight is 408 g/mol. The highest BCUT2D eigenvalue weighted by atomic mass is 16.6. The van der Waals surface area contributed by atoms with Gasteiger partial charge in [-0.05, 0) is 20.8 Å². The first-order valence-corrected chi connectivity index (χ1v) is 9.44. The van der Waals surface area contributed by atoms with Crippen molar-refractivity contribution < 1.29 is 23.7 Å². The molecule has 9 nitrogen and oxygen atoms in total. The van der Waals surface area contributed by atoms with Crippen LogP contribution >= 0.6 is 0 Å². The number of benzene rings is 1. The van der Waals surface area contributed by atoms with E-state index in [-0.39, 0.29) is 12.1 Å². The van der Waals surface area contributed by atoms with Gasteiger partial charge in [-0.3, -0.25) is 4.99 Å². The Kier molecular flexibility index (Phi) is 7.41. The van der Waals surface area contributed by atoms with E-state index in [0.29, 0.717) is 42.8 Å². The molecule has 1 heterocycles. The summed E-state index contributed by atoms with van der Waals surface area (Å²) in [6, 6.07) is 3.72. The topological polar surface area (TPSA) is 93.7 Å². The fourth-order valence-corrected chi connectivity index (χ4v) is 2.86. The number of rotatable bonds is 6. The standard InChI is InChI=1S/C20H32N4O5/c1-20(2,3)29-19(25)24-11-13(12-24)23-18(21-4)22-10-15-16(27-6)8-14(26-5)9-17(15)28-7/h8-9,13H,10-12H2,1-7H3,(H2,21,22,23). The number of ether oxygens (including phenoxy) is 4. The molecule has 1 aromatic carbocycles. The summed E-state index contributed by atoms with van der Waals surface area (Å²) < 4.78 is 21.6. The molecule has 0 saturated carbocycles. The Morgan fingerprint density at radius 2 is 1.72 bits per heavy atom. The molecule has 9 heteroatoms. The van der Waals surface area contributed by atoms with Gasteiger partial charge >= 0.3 is 6.09 Å². The second kappa shape index (κ2) is 9.58. The van der Waals surface area contributed by atoms with Crippen molar-refractivity contribution >= 4 is 12.1 Å². The minimum Gasteiger partial charge on any atom is -0.496 e. The van der Waals surface area contributed by atoms with E-state index in [1.807, 2.05) is 20.8 Å². The Hall–Kier alpha value is -2.84. The van der Waals surface area contributed by atoms with E-state index in [0.717, 1.165) is 5.56 Å². The maximum absolute atomic E-state index is 12.0. The Bertz CT molecular complexity index is 714. The lowest BCUT2D eigenvalue weighted by Gasteiger charge is -2.40. The molecule has 0 atom stereocenters. The van der Waals surface area contributed by atoms with Crippen LogP contribution in [-0.4, -0.2) is 70.1 Å². The Morgan fingerprint density at radius 1 is 1.14 bits per heavy atom. The summed E-state index contributed by atoms with van der Waals surface area (Å²) >= 11 is 0. The zero-order valence-corrected chi connectivity index (χ0v) is 18.3. The highest BCUT2D eigenvalue weighted by molar-refractivity contribution is 5.80. The maximum atomic E-state index is 12.0. The monoisotopic (exact) mass is 408 g/mol. The van der Waals surface area contributed by atoms with E-state index in [2.05, 4.69) is 15.6 Å². The molecular formula is C20H32N4O5. The molecule has 0 unspecified atom stereocenters. The quantitative estimate of drug-likeness (QED) is 0.549. The van der Waals surface area contributed by atoms with Gasteiger partial charge in [-0.2, -0.15) is 0 Å². The summed E-state index contributed by atoms with van der Waals surface area (Å²) in [4.78, 5) is 17.9. The number of amides is 1. The van der Waals surface area contributed by atoms with Gasteiger partial charge in [-0.25, -0.2) is 4.79 Å². The van der Waals surface area contributed by atoms with Gasteiger partial charge in [0.2, 0.25) is 0 Å². The number of methoxy groups -OCH3 is 3. The van der Waals surface area contributed by atoms with Gasteiger partial charge < -0.3 is 34.5 Å². The summed E-state index contributed by atoms with van der Waals surface area (Å²) in [6.45, 7) is 7.13. The fraction of sp³-hybridized carbons (Fsp3) is 0.600. The second-order valence-corrected chi connectivity index (χ2v) is 7.66. The summed E-state index contributed by atoms with van der Waals surface area (Å²) in [5, 5.41) is 6.56. The third-order valence-corrected chi connectivity index (χ3v) is 4.35. The van der Waals surface area contributed by atoms with Crippen LogP contribution in [0.4, 0.5) is 4.79 Å². The van der Waals surface area contributed by atoms with Gasteiger partial charge in [0, 0.05) is 32.3 Å². The Morgan fingerprint density at radius 3 is 2.17 bits per heavy atom. The van der Waals surface area contributed by atoms with Gasteiger partial charge in [0.25, 0.3) is 0 Å². The van der Waals surface area contributed by atoms with Crippen LogP contribution in [0.25, 0.3) is 0 Å². The number of nitrogens with one attached hydrogen (secondary N) is 2. The van der Waals surface area contributed by atoms with Crippen molar-refractivity contribution in [3.63, 3.8) is 0 Å². The van der Waals surface area contributed by atoms with Gasteiger partial charge in [-0.15, -0.1) is 0 Å². The molecule has 0 spiro atoms.